The third kappa shape index (κ3) is 3.37. The number of nitrogens with one attached hydrogen (secondary N) is 1. The molecule has 1 aromatic heterocycles. The van der Waals surface area contributed by atoms with Crippen molar-refractivity contribution in [2.45, 2.75) is 26.1 Å². The topological polar surface area (TPSA) is 24.9 Å². The van der Waals surface area contributed by atoms with Crippen molar-refractivity contribution in [3.05, 3.63) is 51.5 Å². The maximum Gasteiger partial charge on any atom is 0.443 e. The molecule has 0 saturated carbocycles. The molecule has 0 saturated heterocycles. The summed E-state index contributed by atoms with van der Waals surface area (Å²) in [7, 11) is 0. The second-order valence-electron chi connectivity index (χ2n) is 4.47. The summed E-state index contributed by atoms with van der Waals surface area (Å²) in [6.07, 6.45) is -3.07. The van der Waals surface area contributed by atoms with Crippen LogP contribution in [0.2, 0.25) is 0 Å². The van der Waals surface area contributed by atoms with Gasteiger partial charge in [0.15, 0.2) is 5.01 Å². The van der Waals surface area contributed by atoms with E-state index in [1.807, 2.05) is 38.1 Å². The van der Waals surface area contributed by atoms with Crippen molar-refractivity contribution in [1.82, 2.24) is 10.3 Å². The lowest BCUT2D eigenvalue weighted by atomic mass is 10.0. The van der Waals surface area contributed by atoms with E-state index in [2.05, 4.69) is 10.3 Å². The van der Waals surface area contributed by atoms with Gasteiger partial charge in [-0.05, 0) is 19.0 Å². The van der Waals surface area contributed by atoms with E-state index in [-0.39, 0.29) is 6.04 Å². The highest BCUT2D eigenvalue weighted by Gasteiger charge is 2.35. The molecule has 1 atom stereocenters. The van der Waals surface area contributed by atoms with E-state index in [4.69, 9.17) is 0 Å². The number of alkyl halides is 3. The maximum atomic E-state index is 12.6. The second kappa shape index (κ2) is 5.93. The summed E-state index contributed by atoms with van der Waals surface area (Å²) in [5.41, 5.74) is 2.02. The van der Waals surface area contributed by atoms with Crippen molar-refractivity contribution in [2.75, 3.05) is 6.54 Å². The molecule has 108 valence electrons. The van der Waals surface area contributed by atoms with Gasteiger partial charge in [-0.3, -0.25) is 0 Å². The number of aromatic nitrogens is 1. The van der Waals surface area contributed by atoms with Crippen LogP contribution >= 0.6 is 11.3 Å². The lowest BCUT2D eigenvalue weighted by molar-refractivity contribution is -0.137. The highest BCUT2D eigenvalue weighted by Crippen LogP contribution is 2.36. The van der Waals surface area contributed by atoms with Gasteiger partial charge in [0.05, 0.1) is 6.04 Å². The van der Waals surface area contributed by atoms with Gasteiger partial charge in [-0.25, -0.2) is 4.98 Å². The predicted molar refractivity (Wildman–Crippen MR) is 73.8 cm³/mol. The normalized spacial score (nSPS) is 13.4. The molecule has 0 bridgehead atoms. The zero-order valence-corrected chi connectivity index (χ0v) is 12.0. The number of aryl methyl sites for hydroxylation is 1. The Kier molecular flexibility index (Phi) is 4.45. The van der Waals surface area contributed by atoms with Gasteiger partial charge in [-0.15, -0.1) is 11.3 Å². The Morgan fingerprint density at radius 3 is 2.65 bits per heavy atom. The first-order valence-electron chi connectivity index (χ1n) is 6.24. The molecule has 0 amide bonds. The molecular formula is C14H15F3N2S. The van der Waals surface area contributed by atoms with Crippen molar-refractivity contribution in [1.29, 1.82) is 0 Å². The highest BCUT2D eigenvalue weighted by molar-refractivity contribution is 7.11. The Balaban J connectivity index is 2.36. The Morgan fingerprint density at radius 1 is 1.35 bits per heavy atom. The van der Waals surface area contributed by atoms with Crippen molar-refractivity contribution in [3.8, 4) is 0 Å². The first-order valence-corrected chi connectivity index (χ1v) is 7.06. The van der Waals surface area contributed by atoms with E-state index < -0.39 is 11.2 Å². The molecule has 1 heterocycles. The summed E-state index contributed by atoms with van der Waals surface area (Å²) in [6, 6.07) is 7.49. The largest absolute Gasteiger partial charge is 0.443 e. The molecule has 0 aliphatic rings. The van der Waals surface area contributed by atoms with Crippen molar-refractivity contribution >= 4 is 11.3 Å². The monoisotopic (exact) mass is 300 g/mol. The van der Waals surface area contributed by atoms with Crippen molar-refractivity contribution < 1.29 is 13.2 Å². The van der Waals surface area contributed by atoms with Crippen LogP contribution in [-0.2, 0) is 6.18 Å². The fourth-order valence-electron chi connectivity index (χ4n) is 1.99. The summed E-state index contributed by atoms with van der Waals surface area (Å²) in [5.74, 6) is 0. The van der Waals surface area contributed by atoms with E-state index in [0.29, 0.717) is 22.8 Å². The Morgan fingerprint density at radius 2 is 2.10 bits per heavy atom. The minimum absolute atomic E-state index is 0.256. The van der Waals surface area contributed by atoms with E-state index in [1.54, 1.807) is 0 Å². The first kappa shape index (κ1) is 15.0. The molecule has 0 aliphatic carbocycles. The molecule has 1 N–H and O–H groups in total. The molecule has 1 unspecified atom stereocenters. The average molecular weight is 300 g/mol. The number of hydrogen-bond donors (Lipinski definition) is 1. The third-order valence-electron chi connectivity index (χ3n) is 2.83. The summed E-state index contributed by atoms with van der Waals surface area (Å²) >= 11 is 0.690. The van der Waals surface area contributed by atoms with Crippen LogP contribution < -0.4 is 5.32 Å². The van der Waals surface area contributed by atoms with Crippen molar-refractivity contribution in [2.24, 2.45) is 0 Å². The molecule has 2 nitrogen and oxygen atoms in total. The summed E-state index contributed by atoms with van der Waals surface area (Å²) in [6.45, 7) is 4.55. The third-order valence-corrected chi connectivity index (χ3v) is 3.94. The van der Waals surface area contributed by atoms with E-state index in [0.717, 1.165) is 11.1 Å². The van der Waals surface area contributed by atoms with Gasteiger partial charge in [0.25, 0.3) is 0 Å². The molecule has 0 fully saturated rings. The fourth-order valence-corrected chi connectivity index (χ4v) is 2.87. The maximum absolute atomic E-state index is 12.6. The van der Waals surface area contributed by atoms with E-state index >= 15 is 0 Å². The quantitative estimate of drug-likeness (QED) is 0.916. The Hall–Kier alpha value is -1.40. The smallest absolute Gasteiger partial charge is 0.306 e. The summed E-state index contributed by atoms with van der Waals surface area (Å²) in [4.78, 5) is 4.07. The number of benzene rings is 1. The number of rotatable bonds is 4. The summed E-state index contributed by atoms with van der Waals surface area (Å²) in [5, 5.41) is 2.41. The molecule has 0 aliphatic heterocycles. The van der Waals surface area contributed by atoms with Gasteiger partial charge in [0.2, 0.25) is 0 Å². The van der Waals surface area contributed by atoms with Crippen LogP contribution in [0.5, 0.6) is 0 Å². The number of nitrogens with zero attached hydrogens (tertiary/aromatic N) is 1. The number of halogens is 3. The standard InChI is InChI=1S/C14H15F3N2S/c1-3-18-12(10-6-4-5-9(2)7-10)11-8-19-13(20-11)14(15,16)17/h4-8,12,18H,3H2,1-2H3. The van der Waals surface area contributed by atoms with Crippen molar-refractivity contribution in [3.63, 3.8) is 0 Å². The lowest BCUT2D eigenvalue weighted by Crippen LogP contribution is -2.21. The Bertz CT molecular complexity index is 578. The molecule has 0 radical (unpaired) electrons. The van der Waals surface area contributed by atoms with Gasteiger partial charge in [-0.1, -0.05) is 36.8 Å². The van der Waals surface area contributed by atoms with Crippen LogP contribution in [0.15, 0.2) is 30.5 Å². The van der Waals surface area contributed by atoms with Crippen LogP contribution in [0.1, 0.15) is 34.0 Å². The van der Waals surface area contributed by atoms with Crippen LogP contribution in [0.25, 0.3) is 0 Å². The van der Waals surface area contributed by atoms with Gasteiger partial charge in [-0.2, -0.15) is 13.2 Å². The molecule has 0 spiro atoms. The highest BCUT2D eigenvalue weighted by atomic mass is 32.1. The molecule has 2 aromatic rings. The molecule has 2 rings (SSSR count). The minimum atomic E-state index is -4.38. The predicted octanol–water partition coefficient (Wildman–Crippen LogP) is 4.17. The summed E-state index contributed by atoms with van der Waals surface area (Å²) < 4.78 is 37.9. The van der Waals surface area contributed by atoms with Crippen LogP contribution in [0.3, 0.4) is 0 Å². The zero-order valence-electron chi connectivity index (χ0n) is 11.2. The lowest BCUT2D eigenvalue weighted by Gasteiger charge is -2.17. The zero-order chi connectivity index (χ0) is 14.8. The van der Waals surface area contributed by atoms with Gasteiger partial charge in [0.1, 0.15) is 0 Å². The van der Waals surface area contributed by atoms with E-state index in [1.165, 1.54) is 6.20 Å². The molecule has 20 heavy (non-hydrogen) atoms. The van der Waals surface area contributed by atoms with Crippen LogP contribution in [0, 0.1) is 6.92 Å². The Labute approximate surface area is 119 Å². The molecular weight excluding hydrogens is 285 g/mol. The fraction of sp³-hybridized carbons (Fsp3) is 0.357. The van der Waals surface area contributed by atoms with Crippen LogP contribution in [0.4, 0.5) is 13.2 Å². The van der Waals surface area contributed by atoms with Gasteiger partial charge >= 0.3 is 6.18 Å². The molecule has 6 heteroatoms. The first-order chi connectivity index (χ1) is 9.41. The molecule has 1 aromatic carbocycles. The minimum Gasteiger partial charge on any atom is -0.306 e. The van der Waals surface area contributed by atoms with Gasteiger partial charge < -0.3 is 5.32 Å². The number of hydrogen-bond acceptors (Lipinski definition) is 3. The van der Waals surface area contributed by atoms with Crippen LogP contribution in [-0.4, -0.2) is 11.5 Å². The second-order valence-corrected chi connectivity index (χ2v) is 5.53. The average Bonchev–Trinajstić information content (AvgIpc) is 2.85. The SMILES string of the molecule is CCNC(c1cccc(C)c1)c1cnc(C(F)(F)F)s1. The number of thiazole rings is 1. The van der Waals surface area contributed by atoms with E-state index in [9.17, 15) is 13.2 Å². The van der Waals surface area contributed by atoms with Gasteiger partial charge in [0, 0.05) is 11.1 Å².